The van der Waals surface area contributed by atoms with Crippen LogP contribution in [0.4, 0.5) is 0 Å². The third-order valence-corrected chi connectivity index (χ3v) is 6.53. The number of fused-ring (bicyclic) bond motifs is 6. The van der Waals surface area contributed by atoms with Crippen molar-refractivity contribution in [1.29, 1.82) is 0 Å². The molecule has 158 valence electrons. The van der Waals surface area contributed by atoms with Crippen LogP contribution >= 0.6 is 15.9 Å². The molecule has 7 rings (SSSR count). The Hall–Kier alpha value is -3.77. The summed E-state index contributed by atoms with van der Waals surface area (Å²) in [5.74, 6) is 2.02. The second kappa shape index (κ2) is 7.12. The summed E-state index contributed by atoms with van der Waals surface area (Å²) >= 11 is 3.49. The van der Waals surface area contributed by atoms with Gasteiger partial charge in [0, 0.05) is 21.7 Å². The Labute approximate surface area is 196 Å². The number of benzene rings is 3. The van der Waals surface area contributed by atoms with Crippen LogP contribution in [0.15, 0.2) is 80.3 Å². The summed E-state index contributed by atoms with van der Waals surface area (Å²) in [6, 6.07) is 20.2. The molecule has 0 saturated carbocycles. The molecule has 6 heteroatoms. The number of rotatable bonds is 2. The van der Waals surface area contributed by atoms with Gasteiger partial charge in [0.25, 0.3) is 0 Å². The summed E-state index contributed by atoms with van der Waals surface area (Å²) < 4.78 is 12.9. The Morgan fingerprint density at radius 3 is 2.21 bits per heavy atom. The highest BCUT2D eigenvalue weighted by atomic mass is 79.9. The second-order valence-electron chi connectivity index (χ2n) is 8.10. The van der Waals surface area contributed by atoms with E-state index in [0.29, 0.717) is 16.4 Å². The number of nitrogens with zero attached hydrogens (tertiary/aromatic N) is 3. The number of aromatic nitrogens is 3. The highest BCUT2D eigenvalue weighted by Gasteiger charge is 2.21. The maximum absolute atomic E-state index is 6.25. The molecule has 0 N–H and O–H groups in total. The normalized spacial score (nSPS) is 13.2. The second-order valence-corrected chi connectivity index (χ2v) is 8.81. The Morgan fingerprint density at radius 2 is 1.39 bits per heavy atom. The number of aryl methyl sites for hydroxylation is 1. The van der Waals surface area contributed by atoms with Gasteiger partial charge in [0.1, 0.15) is 22.5 Å². The number of allylic oxidation sites excluding steroid dienone is 1. The Kier molecular flexibility index (Phi) is 4.05. The average molecular weight is 494 g/mol. The molecule has 0 aliphatic heterocycles. The predicted octanol–water partition coefficient (Wildman–Crippen LogP) is 7.57. The summed E-state index contributed by atoms with van der Waals surface area (Å²) in [6.07, 6.45) is 6.20. The fraction of sp³-hybridized carbons (Fsp3) is 0.0741. The van der Waals surface area contributed by atoms with E-state index in [1.807, 2.05) is 42.5 Å². The SMILES string of the molecule is Brc1nc(-c2cccc3c4c(oc23)C=CCC4)nc(-c2cccc3c2oc2ccccc23)n1. The van der Waals surface area contributed by atoms with Gasteiger partial charge in [-0.25, -0.2) is 15.0 Å². The summed E-state index contributed by atoms with van der Waals surface area (Å²) in [5.41, 5.74) is 5.32. The molecule has 0 unspecified atom stereocenters. The molecule has 0 atom stereocenters. The van der Waals surface area contributed by atoms with Gasteiger partial charge in [0.2, 0.25) is 4.73 Å². The van der Waals surface area contributed by atoms with E-state index >= 15 is 0 Å². The lowest BCUT2D eigenvalue weighted by Gasteiger charge is -2.06. The van der Waals surface area contributed by atoms with E-state index in [2.05, 4.69) is 56.2 Å². The Balaban J connectivity index is 1.46. The molecule has 1 aliphatic carbocycles. The molecule has 1 aliphatic rings. The van der Waals surface area contributed by atoms with E-state index in [4.69, 9.17) is 13.8 Å². The van der Waals surface area contributed by atoms with Crippen LogP contribution < -0.4 is 0 Å². The fourth-order valence-corrected chi connectivity index (χ4v) is 5.03. The molecule has 0 saturated heterocycles. The van der Waals surface area contributed by atoms with E-state index in [1.54, 1.807) is 0 Å². The first kappa shape index (κ1) is 18.8. The van der Waals surface area contributed by atoms with Crippen LogP contribution in [-0.2, 0) is 6.42 Å². The summed E-state index contributed by atoms with van der Waals surface area (Å²) in [7, 11) is 0. The third kappa shape index (κ3) is 2.87. The summed E-state index contributed by atoms with van der Waals surface area (Å²) in [6.45, 7) is 0. The maximum atomic E-state index is 6.25. The minimum atomic E-state index is 0.462. The highest BCUT2D eigenvalue weighted by Crippen LogP contribution is 2.38. The molecule has 3 heterocycles. The van der Waals surface area contributed by atoms with Gasteiger partial charge in [-0.3, -0.25) is 0 Å². The fourth-order valence-electron chi connectivity index (χ4n) is 4.69. The summed E-state index contributed by atoms with van der Waals surface area (Å²) in [4.78, 5) is 14.0. The topological polar surface area (TPSA) is 65.0 Å². The van der Waals surface area contributed by atoms with Crippen LogP contribution in [0.2, 0.25) is 0 Å². The minimum absolute atomic E-state index is 0.462. The van der Waals surface area contributed by atoms with E-state index in [0.717, 1.165) is 62.6 Å². The highest BCUT2D eigenvalue weighted by molar-refractivity contribution is 9.10. The molecule has 0 spiro atoms. The minimum Gasteiger partial charge on any atom is -0.456 e. The van der Waals surface area contributed by atoms with Crippen molar-refractivity contribution >= 4 is 54.9 Å². The molecule has 0 fully saturated rings. The lowest BCUT2D eigenvalue weighted by molar-refractivity contribution is 0.596. The van der Waals surface area contributed by atoms with E-state index in [9.17, 15) is 0 Å². The molecule has 3 aromatic heterocycles. The van der Waals surface area contributed by atoms with E-state index < -0.39 is 0 Å². The molecule has 6 aromatic rings. The summed E-state index contributed by atoms with van der Waals surface area (Å²) in [5, 5.41) is 3.22. The van der Waals surface area contributed by atoms with Gasteiger partial charge in [-0.1, -0.05) is 48.5 Å². The Bertz CT molecular complexity index is 1750. The van der Waals surface area contributed by atoms with Crippen LogP contribution in [0.3, 0.4) is 0 Å². The van der Waals surface area contributed by atoms with Crippen molar-refractivity contribution in [3.63, 3.8) is 0 Å². The zero-order valence-corrected chi connectivity index (χ0v) is 19.0. The van der Waals surface area contributed by atoms with Crippen molar-refractivity contribution in [2.24, 2.45) is 0 Å². The first-order valence-corrected chi connectivity index (χ1v) is 11.6. The quantitative estimate of drug-likeness (QED) is 0.248. The van der Waals surface area contributed by atoms with Crippen molar-refractivity contribution in [2.45, 2.75) is 12.8 Å². The van der Waals surface area contributed by atoms with Crippen LogP contribution in [0.25, 0.3) is 61.8 Å². The standard InChI is InChI=1S/C27H16BrN3O2/c28-27-30-25(19-11-5-9-17-15-7-1-3-13-21(15)32-23(17)19)29-26(31-27)20-12-6-10-18-16-8-2-4-14-22(16)33-24(18)20/h1,3-7,9-14H,2,8H2. The number of hydrogen-bond donors (Lipinski definition) is 0. The van der Waals surface area contributed by atoms with Gasteiger partial charge in [-0.2, -0.15) is 0 Å². The van der Waals surface area contributed by atoms with Crippen molar-refractivity contribution in [3.8, 4) is 22.8 Å². The van der Waals surface area contributed by atoms with Gasteiger partial charge in [-0.05, 0) is 53.0 Å². The molecule has 0 bridgehead atoms. The van der Waals surface area contributed by atoms with E-state index in [1.165, 1.54) is 5.56 Å². The molecule has 0 amide bonds. The number of hydrogen-bond acceptors (Lipinski definition) is 5. The number of halogens is 1. The maximum Gasteiger partial charge on any atom is 0.200 e. The zero-order chi connectivity index (χ0) is 21.9. The molecule has 5 nitrogen and oxygen atoms in total. The largest absolute Gasteiger partial charge is 0.456 e. The van der Waals surface area contributed by atoms with Crippen molar-refractivity contribution < 1.29 is 8.83 Å². The van der Waals surface area contributed by atoms with Crippen molar-refractivity contribution in [1.82, 2.24) is 15.0 Å². The van der Waals surface area contributed by atoms with Crippen LogP contribution in [0.1, 0.15) is 17.7 Å². The lowest BCUT2D eigenvalue weighted by Crippen LogP contribution is -1.98. The molecule has 33 heavy (non-hydrogen) atoms. The van der Waals surface area contributed by atoms with Gasteiger partial charge in [0.05, 0.1) is 11.1 Å². The van der Waals surface area contributed by atoms with Crippen LogP contribution in [0.5, 0.6) is 0 Å². The zero-order valence-electron chi connectivity index (χ0n) is 17.4. The molecular weight excluding hydrogens is 478 g/mol. The average Bonchev–Trinajstić information content (AvgIpc) is 3.42. The molecule has 0 radical (unpaired) electrons. The first-order chi connectivity index (χ1) is 16.3. The van der Waals surface area contributed by atoms with Crippen molar-refractivity contribution in [2.75, 3.05) is 0 Å². The van der Waals surface area contributed by atoms with E-state index in [-0.39, 0.29) is 0 Å². The lowest BCUT2D eigenvalue weighted by atomic mass is 10.00. The third-order valence-electron chi connectivity index (χ3n) is 6.17. The molecular formula is C27H16BrN3O2. The monoisotopic (exact) mass is 493 g/mol. The molecule has 3 aromatic carbocycles. The van der Waals surface area contributed by atoms with Crippen LogP contribution in [-0.4, -0.2) is 15.0 Å². The van der Waals surface area contributed by atoms with Gasteiger partial charge >= 0.3 is 0 Å². The van der Waals surface area contributed by atoms with Gasteiger partial charge in [-0.15, -0.1) is 0 Å². The Morgan fingerprint density at radius 1 is 0.697 bits per heavy atom. The number of para-hydroxylation sites is 3. The van der Waals surface area contributed by atoms with Crippen molar-refractivity contribution in [3.05, 3.63) is 82.8 Å². The van der Waals surface area contributed by atoms with Gasteiger partial charge in [0.15, 0.2) is 11.6 Å². The smallest absolute Gasteiger partial charge is 0.200 e. The first-order valence-electron chi connectivity index (χ1n) is 10.8. The van der Waals surface area contributed by atoms with Gasteiger partial charge < -0.3 is 8.83 Å². The predicted molar refractivity (Wildman–Crippen MR) is 133 cm³/mol. The number of furan rings is 2. The van der Waals surface area contributed by atoms with Crippen LogP contribution in [0, 0.1) is 0 Å².